The summed E-state index contributed by atoms with van der Waals surface area (Å²) in [6, 6.07) is 0.00592. The van der Waals surface area contributed by atoms with Crippen LogP contribution in [0.2, 0.25) is 0 Å². The SMILES string of the molecule is CC[C@@H](N)C(=O)NC1CC(C)CC(C)C1. The number of amides is 1. The van der Waals surface area contributed by atoms with Gasteiger partial charge in [-0.15, -0.1) is 0 Å². The van der Waals surface area contributed by atoms with Crippen LogP contribution in [0.5, 0.6) is 0 Å². The summed E-state index contributed by atoms with van der Waals surface area (Å²) in [5, 5.41) is 3.07. The molecule has 0 aliphatic heterocycles. The largest absolute Gasteiger partial charge is 0.352 e. The maximum atomic E-state index is 11.6. The monoisotopic (exact) mass is 212 g/mol. The van der Waals surface area contributed by atoms with E-state index in [0.29, 0.717) is 12.5 Å². The second kappa shape index (κ2) is 5.50. The van der Waals surface area contributed by atoms with Gasteiger partial charge >= 0.3 is 0 Å². The maximum absolute atomic E-state index is 11.6. The Kier molecular flexibility index (Phi) is 4.58. The summed E-state index contributed by atoms with van der Waals surface area (Å²) < 4.78 is 0. The van der Waals surface area contributed by atoms with Crippen LogP contribution in [-0.4, -0.2) is 18.0 Å². The minimum absolute atomic E-state index is 0.0174. The summed E-state index contributed by atoms with van der Waals surface area (Å²) in [7, 11) is 0. The van der Waals surface area contributed by atoms with E-state index in [4.69, 9.17) is 5.73 Å². The second-order valence-corrected chi connectivity index (χ2v) is 5.14. The van der Waals surface area contributed by atoms with Crippen molar-refractivity contribution < 1.29 is 4.79 Å². The molecule has 3 N–H and O–H groups in total. The maximum Gasteiger partial charge on any atom is 0.237 e. The highest BCUT2D eigenvalue weighted by Gasteiger charge is 2.25. The molecule has 0 radical (unpaired) electrons. The van der Waals surface area contributed by atoms with Gasteiger partial charge in [0, 0.05) is 6.04 Å². The molecule has 0 spiro atoms. The summed E-state index contributed by atoms with van der Waals surface area (Å²) >= 11 is 0. The second-order valence-electron chi connectivity index (χ2n) is 5.14. The predicted molar refractivity (Wildman–Crippen MR) is 62.4 cm³/mol. The zero-order valence-corrected chi connectivity index (χ0v) is 10.1. The van der Waals surface area contributed by atoms with Gasteiger partial charge in [0.15, 0.2) is 0 Å². The Bertz CT molecular complexity index is 208. The lowest BCUT2D eigenvalue weighted by Crippen LogP contribution is -2.47. The topological polar surface area (TPSA) is 55.1 Å². The van der Waals surface area contributed by atoms with E-state index in [1.807, 2.05) is 6.92 Å². The third-order valence-corrected chi connectivity index (χ3v) is 3.30. The van der Waals surface area contributed by atoms with Crippen LogP contribution in [0.3, 0.4) is 0 Å². The van der Waals surface area contributed by atoms with Crippen molar-refractivity contribution in [3.05, 3.63) is 0 Å². The van der Waals surface area contributed by atoms with E-state index in [0.717, 1.165) is 24.7 Å². The molecule has 1 aliphatic rings. The van der Waals surface area contributed by atoms with Gasteiger partial charge in [-0.1, -0.05) is 20.8 Å². The predicted octanol–water partition coefficient (Wildman–Crippen LogP) is 1.66. The number of carbonyl (C=O) groups excluding carboxylic acids is 1. The first-order valence-electron chi connectivity index (χ1n) is 6.08. The van der Waals surface area contributed by atoms with Crippen LogP contribution in [-0.2, 0) is 4.79 Å². The van der Waals surface area contributed by atoms with Crippen molar-refractivity contribution in [2.24, 2.45) is 17.6 Å². The molecule has 0 aromatic heterocycles. The zero-order chi connectivity index (χ0) is 11.4. The van der Waals surface area contributed by atoms with Crippen LogP contribution in [0.25, 0.3) is 0 Å². The summed E-state index contributed by atoms with van der Waals surface area (Å²) in [5.74, 6) is 1.46. The molecule has 15 heavy (non-hydrogen) atoms. The fourth-order valence-electron chi connectivity index (χ4n) is 2.56. The van der Waals surface area contributed by atoms with E-state index in [9.17, 15) is 4.79 Å². The van der Waals surface area contributed by atoms with Crippen molar-refractivity contribution in [2.45, 2.75) is 58.5 Å². The molecule has 1 amide bonds. The Morgan fingerprint density at radius 1 is 1.33 bits per heavy atom. The fourth-order valence-corrected chi connectivity index (χ4v) is 2.56. The molecular formula is C12H24N2O. The molecular weight excluding hydrogens is 188 g/mol. The van der Waals surface area contributed by atoms with Gasteiger partial charge in [0.2, 0.25) is 5.91 Å². The van der Waals surface area contributed by atoms with Crippen LogP contribution in [0, 0.1) is 11.8 Å². The molecule has 0 aromatic carbocycles. The molecule has 1 fully saturated rings. The lowest BCUT2D eigenvalue weighted by molar-refractivity contribution is -0.123. The Morgan fingerprint density at radius 3 is 2.33 bits per heavy atom. The highest BCUT2D eigenvalue weighted by atomic mass is 16.2. The molecule has 2 unspecified atom stereocenters. The molecule has 3 nitrogen and oxygen atoms in total. The molecule has 0 heterocycles. The average Bonchev–Trinajstić information content (AvgIpc) is 2.14. The quantitative estimate of drug-likeness (QED) is 0.747. The van der Waals surface area contributed by atoms with Crippen molar-refractivity contribution in [1.29, 1.82) is 0 Å². The Hall–Kier alpha value is -0.570. The van der Waals surface area contributed by atoms with Gasteiger partial charge in [-0.05, 0) is 37.5 Å². The number of carbonyl (C=O) groups is 1. The first kappa shape index (κ1) is 12.5. The molecule has 1 rings (SSSR count). The van der Waals surface area contributed by atoms with Crippen LogP contribution < -0.4 is 11.1 Å². The van der Waals surface area contributed by atoms with Crippen molar-refractivity contribution in [2.75, 3.05) is 0 Å². The molecule has 0 bridgehead atoms. The van der Waals surface area contributed by atoms with E-state index in [1.54, 1.807) is 0 Å². The van der Waals surface area contributed by atoms with Gasteiger partial charge in [-0.25, -0.2) is 0 Å². The van der Waals surface area contributed by atoms with Gasteiger partial charge in [0.25, 0.3) is 0 Å². The van der Waals surface area contributed by atoms with Crippen LogP contribution in [0.1, 0.15) is 46.5 Å². The normalized spacial score (nSPS) is 33.5. The van der Waals surface area contributed by atoms with Gasteiger partial charge in [0.1, 0.15) is 0 Å². The molecule has 0 saturated heterocycles. The van der Waals surface area contributed by atoms with Gasteiger partial charge in [-0.2, -0.15) is 0 Å². The first-order chi connectivity index (χ1) is 7.02. The Labute approximate surface area is 92.8 Å². The summed E-state index contributed by atoms with van der Waals surface area (Å²) in [5.41, 5.74) is 5.69. The Morgan fingerprint density at radius 2 is 1.87 bits per heavy atom. The molecule has 1 aliphatic carbocycles. The first-order valence-corrected chi connectivity index (χ1v) is 6.08. The highest BCUT2D eigenvalue weighted by molar-refractivity contribution is 5.81. The molecule has 0 aromatic rings. The minimum Gasteiger partial charge on any atom is -0.352 e. The van der Waals surface area contributed by atoms with Gasteiger partial charge in [-0.3, -0.25) is 4.79 Å². The van der Waals surface area contributed by atoms with Crippen molar-refractivity contribution in [3.63, 3.8) is 0 Å². The third-order valence-electron chi connectivity index (χ3n) is 3.30. The smallest absolute Gasteiger partial charge is 0.237 e. The van der Waals surface area contributed by atoms with E-state index in [2.05, 4.69) is 19.2 Å². The van der Waals surface area contributed by atoms with E-state index in [1.165, 1.54) is 6.42 Å². The Balaban J connectivity index is 2.40. The van der Waals surface area contributed by atoms with Crippen LogP contribution in [0.15, 0.2) is 0 Å². The number of nitrogens with two attached hydrogens (primary N) is 1. The molecule has 3 atom stereocenters. The number of hydrogen-bond donors (Lipinski definition) is 2. The molecule has 1 saturated carbocycles. The lowest BCUT2D eigenvalue weighted by atomic mass is 9.80. The third kappa shape index (κ3) is 3.82. The zero-order valence-electron chi connectivity index (χ0n) is 10.1. The molecule has 88 valence electrons. The van der Waals surface area contributed by atoms with E-state index < -0.39 is 0 Å². The summed E-state index contributed by atoms with van der Waals surface area (Å²) in [6.07, 6.45) is 4.20. The highest BCUT2D eigenvalue weighted by Crippen LogP contribution is 2.28. The van der Waals surface area contributed by atoms with E-state index >= 15 is 0 Å². The van der Waals surface area contributed by atoms with Crippen molar-refractivity contribution >= 4 is 5.91 Å². The van der Waals surface area contributed by atoms with Crippen LogP contribution in [0.4, 0.5) is 0 Å². The van der Waals surface area contributed by atoms with Crippen LogP contribution >= 0.6 is 0 Å². The fraction of sp³-hybridized carbons (Fsp3) is 0.917. The minimum atomic E-state index is -0.336. The average molecular weight is 212 g/mol. The summed E-state index contributed by atoms with van der Waals surface area (Å²) in [4.78, 5) is 11.6. The van der Waals surface area contributed by atoms with Crippen molar-refractivity contribution in [1.82, 2.24) is 5.32 Å². The standard InChI is InChI=1S/C12H24N2O/c1-4-11(13)12(15)14-10-6-8(2)5-9(3)7-10/h8-11H,4-7,13H2,1-3H3,(H,14,15)/t8?,9?,10?,11-/m1/s1. The number of rotatable bonds is 3. The molecule has 3 heteroatoms. The van der Waals surface area contributed by atoms with Gasteiger partial charge in [0.05, 0.1) is 6.04 Å². The van der Waals surface area contributed by atoms with Gasteiger partial charge < -0.3 is 11.1 Å². The lowest BCUT2D eigenvalue weighted by Gasteiger charge is -2.32. The number of nitrogens with one attached hydrogen (secondary N) is 1. The number of hydrogen-bond acceptors (Lipinski definition) is 2. The summed E-state index contributed by atoms with van der Waals surface area (Å²) in [6.45, 7) is 6.46. The van der Waals surface area contributed by atoms with Crippen molar-refractivity contribution in [3.8, 4) is 0 Å². The van der Waals surface area contributed by atoms with E-state index in [-0.39, 0.29) is 11.9 Å².